The van der Waals surface area contributed by atoms with Gasteiger partial charge in [-0.25, -0.2) is 14.4 Å². The third kappa shape index (κ3) is 5.25. The molecule has 144 valence electrons. The molecule has 1 aliphatic rings. The number of benzene rings is 1. The number of anilines is 1. The molecule has 1 saturated heterocycles. The van der Waals surface area contributed by atoms with E-state index in [0.717, 1.165) is 55.4 Å². The van der Waals surface area contributed by atoms with Crippen LogP contribution in [0.3, 0.4) is 0 Å². The number of hydrogen-bond donors (Lipinski definition) is 0. The van der Waals surface area contributed by atoms with Crippen LogP contribution in [-0.2, 0) is 17.6 Å². The summed E-state index contributed by atoms with van der Waals surface area (Å²) in [5.74, 6) is 1.62. The maximum atomic E-state index is 13.3. The smallest absolute Gasteiger partial charge is 0.222 e. The fourth-order valence-electron chi connectivity index (χ4n) is 3.45. The summed E-state index contributed by atoms with van der Waals surface area (Å²) in [6.07, 6.45) is 2.78. The molecule has 1 aliphatic heterocycles. The van der Waals surface area contributed by atoms with Crippen LogP contribution >= 0.6 is 0 Å². The minimum absolute atomic E-state index is 0.134. The van der Waals surface area contributed by atoms with Crippen molar-refractivity contribution in [3.8, 4) is 0 Å². The summed E-state index contributed by atoms with van der Waals surface area (Å²) in [5, 5.41) is 0. The normalized spacial score (nSPS) is 14.9. The first kappa shape index (κ1) is 19.3. The fourth-order valence-corrected chi connectivity index (χ4v) is 3.45. The van der Waals surface area contributed by atoms with Crippen LogP contribution in [0.1, 0.15) is 36.8 Å². The Labute approximate surface area is 160 Å². The average Bonchev–Trinajstić information content (AvgIpc) is 2.92. The number of hydrogen-bond acceptors (Lipinski definition) is 4. The van der Waals surface area contributed by atoms with Gasteiger partial charge in [-0.3, -0.25) is 4.79 Å². The first-order valence-corrected chi connectivity index (χ1v) is 9.67. The third-order valence-corrected chi connectivity index (χ3v) is 4.93. The SMILES string of the molecule is CCc1cc(N2CCCN(C(=O)CCc3cccc(F)c3)CC2)nc(C)n1. The lowest BCUT2D eigenvalue weighted by Crippen LogP contribution is -2.35. The van der Waals surface area contributed by atoms with E-state index in [1.54, 1.807) is 6.07 Å². The number of rotatable bonds is 5. The molecule has 0 unspecified atom stereocenters. The second kappa shape index (κ2) is 8.93. The van der Waals surface area contributed by atoms with E-state index >= 15 is 0 Å². The van der Waals surface area contributed by atoms with E-state index in [2.05, 4.69) is 27.9 Å². The second-order valence-electron chi connectivity index (χ2n) is 6.97. The zero-order valence-corrected chi connectivity index (χ0v) is 16.1. The van der Waals surface area contributed by atoms with E-state index in [-0.39, 0.29) is 11.7 Å². The summed E-state index contributed by atoms with van der Waals surface area (Å²) in [7, 11) is 0. The van der Waals surface area contributed by atoms with Gasteiger partial charge in [0.2, 0.25) is 5.91 Å². The Hall–Kier alpha value is -2.50. The molecule has 5 nitrogen and oxygen atoms in total. The molecular formula is C21H27FN4O. The summed E-state index contributed by atoms with van der Waals surface area (Å²) >= 11 is 0. The van der Waals surface area contributed by atoms with Gasteiger partial charge >= 0.3 is 0 Å². The summed E-state index contributed by atoms with van der Waals surface area (Å²) in [6, 6.07) is 8.53. The maximum absolute atomic E-state index is 13.3. The molecule has 1 fully saturated rings. The Kier molecular flexibility index (Phi) is 6.37. The number of aryl methyl sites for hydroxylation is 3. The molecule has 0 N–H and O–H groups in total. The first-order valence-electron chi connectivity index (χ1n) is 9.67. The van der Waals surface area contributed by atoms with Crippen molar-refractivity contribution in [2.24, 2.45) is 0 Å². The number of carbonyl (C=O) groups is 1. The summed E-state index contributed by atoms with van der Waals surface area (Å²) < 4.78 is 13.3. The van der Waals surface area contributed by atoms with Crippen molar-refractivity contribution >= 4 is 11.7 Å². The van der Waals surface area contributed by atoms with Gasteiger partial charge in [0.15, 0.2) is 0 Å². The van der Waals surface area contributed by atoms with Crippen LogP contribution in [0.2, 0.25) is 0 Å². The lowest BCUT2D eigenvalue weighted by molar-refractivity contribution is -0.130. The topological polar surface area (TPSA) is 49.3 Å². The monoisotopic (exact) mass is 370 g/mol. The zero-order valence-electron chi connectivity index (χ0n) is 16.1. The predicted molar refractivity (Wildman–Crippen MR) is 104 cm³/mol. The van der Waals surface area contributed by atoms with E-state index in [9.17, 15) is 9.18 Å². The highest BCUT2D eigenvalue weighted by atomic mass is 19.1. The highest BCUT2D eigenvalue weighted by molar-refractivity contribution is 5.76. The molecule has 0 radical (unpaired) electrons. The number of halogens is 1. The number of carbonyl (C=O) groups excluding carboxylic acids is 1. The molecular weight excluding hydrogens is 343 g/mol. The Bertz CT molecular complexity index is 796. The van der Waals surface area contributed by atoms with E-state index in [4.69, 9.17) is 0 Å². The standard InChI is InChI=1S/C21H27FN4O/c1-3-19-15-20(24-16(2)23-19)25-10-5-11-26(13-12-25)21(27)9-8-17-6-4-7-18(22)14-17/h4,6-7,14-15H,3,5,8-13H2,1-2H3. The second-order valence-corrected chi connectivity index (χ2v) is 6.97. The van der Waals surface area contributed by atoms with Gasteiger partial charge in [0.25, 0.3) is 0 Å². The van der Waals surface area contributed by atoms with Gasteiger partial charge < -0.3 is 9.80 Å². The quantitative estimate of drug-likeness (QED) is 0.811. The van der Waals surface area contributed by atoms with Gasteiger partial charge in [0.1, 0.15) is 17.5 Å². The predicted octanol–water partition coefficient (Wildman–Crippen LogP) is 3.16. The molecule has 0 atom stereocenters. The van der Waals surface area contributed by atoms with Crippen LogP contribution in [0, 0.1) is 12.7 Å². The Morgan fingerprint density at radius 3 is 2.78 bits per heavy atom. The Balaban J connectivity index is 1.57. The van der Waals surface area contributed by atoms with E-state index in [1.807, 2.05) is 17.9 Å². The molecule has 0 saturated carbocycles. The van der Waals surface area contributed by atoms with E-state index < -0.39 is 0 Å². The van der Waals surface area contributed by atoms with Gasteiger partial charge in [0.05, 0.1) is 0 Å². The molecule has 2 heterocycles. The molecule has 2 aromatic rings. The fraction of sp³-hybridized carbons (Fsp3) is 0.476. The summed E-state index contributed by atoms with van der Waals surface area (Å²) in [4.78, 5) is 25.8. The molecule has 1 aromatic carbocycles. The summed E-state index contributed by atoms with van der Waals surface area (Å²) in [5.41, 5.74) is 1.91. The molecule has 27 heavy (non-hydrogen) atoms. The van der Waals surface area contributed by atoms with Crippen LogP contribution in [0.4, 0.5) is 10.2 Å². The molecule has 6 heteroatoms. The molecule has 1 aromatic heterocycles. The number of amides is 1. The largest absolute Gasteiger partial charge is 0.355 e. The van der Waals surface area contributed by atoms with Crippen molar-refractivity contribution in [1.29, 1.82) is 0 Å². The van der Waals surface area contributed by atoms with Crippen molar-refractivity contribution in [3.63, 3.8) is 0 Å². The third-order valence-electron chi connectivity index (χ3n) is 4.93. The number of aromatic nitrogens is 2. The maximum Gasteiger partial charge on any atom is 0.222 e. The van der Waals surface area contributed by atoms with Crippen molar-refractivity contribution in [3.05, 3.63) is 53.2 Å². The van der Waals surface area contributed by atoms with Crippen LogP contribution in [0.25, 0.3) is 0 Å². The van der Waals surface area contributed by atoms with Gasteiger partial charge in [0, 0.05) is 44.4 Å². The van der Waals surface area contributed by atoms with Crippen LogP contribution in [-0.4, -0.2) is 47.0 Å². The lowest BCUT2D eigenvalue weighted by atomic mass is 10.1. The number of nitrogens with zero attached hydrogens (tertiary/aromatic N) is 4. The van der Waals surface area contributed by atoms with Gasteiger partial charge in [-0.05, 0) is 43.9 Å². The van der Waals surface area contributed by atoms with E-state index in [1.165, 1.54) is 12.1 Å². The van der Waals surface area contributed by atoms with Crippen molar-refractivity contribution < 1.29 is 9.18 Å². The van der Waals surface area contributed by atoms with Crippen LogP contribution in [0.15, 0.2) is 30.3 Å². The Morgan fingerprint density at radius 2 is 2.00 bits per heavy atom. The highest BCUT2D eigenvalue weighted by Crippen LogP contribution is 2.17. The van der Waals surface area contributed by atoms with Crippen molar-refractivity contribution in [1.82, 2.24) is 14.9 Å². The van der Waals surface area contributed by atoms with E-state index in [0.29, 0.717) is 19.4 Å². The van der Waals surface area contributed by atoms with Gasteiger partial charge in [-0.2, -0.15) is 0 Å². The van der Waals surface area contributed by atoms with Gasteiger partial charge in [-0.15, -0.1) is 0 Å². The lowest BCUT2D eigenvalue weighted by Gasteiger charge is -2.23. The molecule has 0 spiro atoms. The van der Waals surface area contributed by atoms with Crippen LogP contribution < -0.4 is 4.90 Å². The molecule has 0 bridgehead atoms. The minimum Gasteiger partial charge on any atom is -0.355 e. The molecule has 1 amide bonds. The van der Waals surface area contributed by atoms with Crippen molar-refractivity contribution in [2.45, 2.75) is 39.5 Å². The van der Waals surface area contributed by atoms with Gasteiger partial charge in [-0.1, -0.05) is 19.1 Å². The average molecular weight is 370 g/mol. The van der Waals surface area contributed by atoms with Crippen LogP contribution in [0.5, 0.6) is 0 Å². The molecule has 3 rings (SSSR count). The van der Waals surface area contributed by atoms with Crippen molar-refractivity contribution in [2.75, 3.05) is 31.1 Å². The minimum atomic E-state index is -0.253. The Morgan fingerprint density at radius 1 is 1.15 bits per heavy atom. The highest BCUT2D eigenvalue weighted by Gasteiger charge is 2.20. The first-order chi connectivity index (χ1) is 13.0. The zero-order chi connectivity index (χ0) is 19.2. The summed E-state index contributed by atoms with van der Waals surface area (Å²) in [6.45, 7) is 7.10. The molecule has 0 aliphatic carbocycles.